The Hall–Kier alpha value is -6.87. The number of hydrogen-bond donors (Lipinski definition) is 3. The van der Waals surface area contributed by atoms with Gasteiger partial charge in [-0.25, -0.2) is 4.79 Å². The van der Waals surface area contributed by atoms with Crippen molar-refractivity contribution in [2.45, 2.75) is 154 Å². The number of fused-ring (bicyclic) bond motifs is 3. The van der Waals surface area contributed by atoms with E-state index in [2.05, 4.69) is 49.2 Å². The summed E-state index contributed by atoms with van der Waals surface area (Å²) in [5.74, 6) is -1.76. The fraction of sp³-hybridized carbons (Fsp3) is 0.462. The van der Waals surface area contributed by atoms with Crippen LogP contribution in [0.1, 0.15) is 144 Å². The first-order valence-corrected chi connectivity index (χ1v) is 28.9. The van der Waals surface area contributed by atoms with Crippen LogP contribution in [-0.2, 0) is 34.1 Å². The van der Waals surface area contributed by atoms with Gasteiger partial charge in [0.1, 0.15) is 24.1 Å². The van der Waals surface area contributed by atoms with Gasteiger partial charge in [-0.3, -0.25) is 14.9 Å². The van der Waals surface area contributed by atoms with E-state index >= 15 is 4.79 Å². The summed E-state index contributed by atoms with van der Waals surface area (Å²) >= 11 is 0. The topological polar surface area (TPSA) is 182 Å². The Bertz CT molecular complexity index is 2850. The summed E-state index contributed by atoms with van der Waals surface area (Å²) in [5, 5.41) is 41.8. The van der Waals surface area contributed by atoms with Crippen LogP contribution in [0.3, 0.4) is 0 Å². The van der Waals surface area contributed by atoms with Gasteiger partial charge in [0.25, 0.3) is 5.69 Å². The smallest absolute Gasteiger partial charge is 0.412 e. The minimum atomic E-state index is -1.52. The highest BCUT2D eigenvalue weighted by molar-refractivity contribution is 6.03. The lowest BCUT2D eigenvalue weighted by Crippen LogP contribution is -2.70. The van der Waals surface area contributed by atoms with Crippen LogP contribution in [0.2, 0.25) is 0 Å². The first-order valence-electron chi connectivity index (χ1n) is 28.9. The SMILES string of the molecule is C=CCO[C@@]12Oc3ccc(OC(=O)NCc4ccccc4)cc3[C@H]3[C@H](CCCCO)[C@@H](CCCCO)C=C(C(=NOCc4ccc([N+](=O)[O-])cc4)C[C@@H]1N(Cc1cccc4ccccc14)C(=O)CCCCCCCCCCC)[C@H]32. The lowest BCUT2D eigenvalue weighted by molar-refractivity contribution is -0.384. The summed E-state index contributed by atoms with van der Waals surface area (Å²) in [5.41, 5.74) is 4.86. The Morgan fingerprint density at radius 1 is 0.835 bits per heavy atom. The number of carbonyl (C=O) groups is 2. The molecule has 0 radical (unpaired) electrons. The number of nitrogens with one attached hydrogen (secondary N) is 1. The van der Waals surface area contributed by atoms with E-state index in [1.807, 2.05) is 65.6 Å². The van der Waals surface area contributed by atoms with Crippen LogP contribution in [0, 0.1) is 27.9 Å². The second kappa shape index (κ2) is 29.4. The van der Waals surface area contributed by atoms with Crippen molar-refractivity contribution in [2.24, 2.45) is 22.9 Å². The van der Waals surface area contributed by atoms with E-state index in [1.165, 1.54) is 44.2 Å². The molecule has 1 saturated carbocycles. The molecule has 1 fully saturated rings. The van der Waals surface area contributed by atoms with E-state index < -0.39 is 28.8 Å². The summed E-state index contributed by atoms with van der Waals surface area (Å²) in [7, 11) is 0. The van der Waals surface area contributed by atoms with E-state index in [9.17, 15) is 25.1 Å². The highest BCUT2D eigenvalue weighted by Gasteiger charge is 2.65. The number of unbranched alkanes of at least 4 members (excludes halogenated alkanes) is 10. The summed E-state index contributed by atoms with van der Waals surface area (Å²) < 4.78 is 20.9. The predicted molar refractivity (Wildman–Crippen MR) is 308 cm³/mol. The molecular weight excluding hydrogens is 997 g/mol. The molecular formula is C65H80N4O10. The van der Waals surface area contributed by atoms with Gasteiger partial charge in [0.15, 0.2) is 0 Å². The van der Waals surface area contributed by atoms with E-state index in [-0.39, 0.29) is 75.3 Å². The monoisotopic (exact) mass is 1080 g/mol. The van der Waals surface area contributed by atoms with Crippen molar-refractivity contribution in [3.05, 3.63) is 172 Å². The standard InChI is InChI=1S/C65H80N4O10/c1-3-5-6-7-8-9-10-11-15-31-61(72)68(45-51-28-22-27-49-25-16-17-29-54(49)51)60-43-58(67-77-46-48-32-34-52(35-33-48)69(74)75)56-41-50(26-18-20-38-70)55(30-19-21-39-71)62-57-42-53(78-64(73)66-44-47-23-13-12-14-24-47)36-37-59(57)79-65(60,63(56)62)76-40-4-2/h4,12-14,16-17,22-25,27-29,32-37,41-42,50,55,60,62-63,70-71H,2-3,5-11,15,18-21,26,30-31,38-40,43-46H2,1H3,(H,66,73)/t50-,55+,60-,62+,63+,65+/m0/s1. The number of non-ortho nitro benzene ring substituents is 1. The van der Waals surface area contributed by atoms with Crippen molar-refractivity contribution >= 4 is 34.2 Å². The second-order valence-corrected chi connectivity index (χ2v) is 21.4. The summed E-state index contributed by atoms with van der Waals surface area (Å²) in [4.78, 5) is 48.6. The Balaban J connectivity index is 1.27. The Labute approximate surface area is 466 Å². The van der Waals surface area contributed by atoms with Crippen molar-refractivity contribution in [3.8, 4) is 11.5 Å². The number of oxime groups is 1. The quantitative estimate of drug-likeness (QED) is 0.0167. The molecule has 2 amide bonds. The van der Waals surface area contributed by atoms with Gasteiger partial charge in [-0.1, -0.05) is 161 Å². The van der Waals surface area contributed by atoms with Crippen LogP contribution in [0.5, 0.6) is 11.5 Å². The maximum absolute atomic E-state index is 15.6. The number of nitrogens with zero attached hydrogens (tertiary/aromatic N) is 3. The average Bonchev–Trinajstić information content (AvgIpc) is 2.99. The van der Waals surface area contributed by atoms with E-state index in [0.717, 1.165) is 84.4 Å². The first-order chi connectivity index (χ1) is 38.7. The Kier molecular flexibility index (Phi) is 21.7. The number of amides is 2. The van der Waals surface area contributed by atoms with E-state index in [4.69, 9.17) is 24.2 Å². The molecule has 1 heterocycles. The van der Waals surface area contributed by atoms with Gasteiger partial charge in [0.05, 0.1) is 23.2 Å². The molecule has 3 N–H and O–H groups in total. The Morgan fingerprint density at radius 2 is 1.54 bits per heavy atom. The summed E-state index contributed by atoms with van der Waals surface area (Å²) in [6, 6.07) is 35.0. The number of allylic oxidation sites excluding steroid dienone is 1. The summed E-state index contributed by atoms with van der Waals surface area (Å²) in [6.07, 6.45) is 18.0. The maximum atomic E-state index is 15.6. The zero-order valence-electron chi connectivity index (χ0n) is 46.0. The number of nitro benzene ring substituents is 1. The number of hydrogen-bond acceptors (Lipinski definition) is 11. The van der Waals surface area contributed by atoms with Gasteiger partial charge in [-0.15, -0.1) is 6.58 Å². The van der Waals surface area contributed by atoms with Gasteiger partial charge in [0, 0.05) is 62.8 Å². The minimum Gasteiger partial charge on any atom is -0.459 e. The molecule has 5 aromatic rings. The average molecular weight is 1080 g/mol. The molecule has 14 heteroatoms. The van der Waals surface area contributed by atoms with Crippen molar-refractivity contribution in [2.75, 3.05) is 19.8 Å². The molecule has 5 aromatic carbocycles. The zero-order valence-corrected chi connectivity index (χ0v) is 46.0. The van der Waals surface area contributed by atoms with Crippen LogP contribution in [0.25, 0.3) is 10.8 Å². The number of nitro groups is 1. The van der Waals surface area contributed by atoms with Gasteiger partial charge in [0.2, 0.25) is 11.7 Å². The van der Waals surface area contributed by atoms with Crippen LogP contribution < -0.4 is 14.8 Å². The van der Waals surface area contributed by atoms with Gasteiger partial charge >= 0.3 is 6.09 Å². The van der Waals surface area contributed by atoms with Crippen LogP contribution in [-0.4, -0.2) is 69.4 Å². The molecule has 2 aliphatic carbocycles. The third-order valence-corrected chi connectivity index (χ3v) is 16.1. The predicted octanol–water partition coefficient (Wildman–Crippen LogP) is 13.8. The molecule has 0 spiro atoms. The molecule has 0 saturated heterocycles. The molecule has 14 nitrogen and oxygen atoms in total. The van der Waals surface area contributed by atoms with Gasteiger partial charge in [-0.05, 0) is 107 Å². The summed E-state index contributed by atoms with van der Waals surface area (Å²) in [6.45, 7) is 7.09. The molecule has 0 bridgehead atoms. The van der Waals surface area contributed by atoms with Gasteiger partial charge < -0.3 is 39.5 Å². The number of aliphatic hydroxyl groups is 2. The highest BCUT2D eigenvalue weighted by atomic mass is 16.7. The fourth-order valence-corrected chi connectivity index (χ4v) is 12.2. The number of rotatable bonds is 31. The zero-order chi connectivity index (χ0) is 55.4. The molecule has 420 valence electrons. The van der Waals surface area contributed by atoms with Crippen molar-refractivity contribution < 1.29 is 43.8 Å². The maximum Gasteiger partial charge on any atom is 0.412 e. The van der Waals surface area contributed by atoms with Crippen LogP contribution in [0.15, 0.2) is 145 Å². The molecule has 6 atom stereocenters. The van der Waals surface area contributed by atoms with Crippen molar-refractivity contribution in [3.63, 3.8) is 0 Å². The van der Waals surface area contributed by atoms with E-state index in [1.54, 1.807) is 24.3 Å². The molecule has 3 aliphatic rings. The molecule has 1 aliphatic heterocycles. The third kappa shape index (κ3) is 14.9. The second-order valence-electron chi connectivity index (χ2n) is 21.4. The van der Waals surface area contributed by atoms with Crippen LogP contribution >= 0.6 is 0 Å². The Morgan fingerprint density at radius 3 is 2.28 bits per heavy atom. The fourth-order valence-electron chi connectivity index (χ4n) is 12.2. The normalized spacial score (nSPS) is 20.6. The molecule has 0 unspecified atom stereocenters. The molecule has 79 heavy (non-hydrogen) atoms. The third-order valence-electron chi connectivity index (χ3n) is 16.1. The number of aliphatic hydroxyl groups excluding tert-OH is 2. The number of carbonyl (C=O) groups excluding carboxylic acids is 2. The molecule has 0 aromatic heterocycles. The number of ether oxygens (including phenoxy) is 3. The van der Waals surface area contributed by atoms with Crippen molar-refractivity contribution in [1.29, 1.82) is 0 Å². The van der Waals surface area contributed by atoms with Gasteiger partial charge in [-0.2, -0.15) is 0 Å². The molecule has 8 rings (SSSR count). The van der Waals surface area contributed by atoms with Crippen LogP contribution in [0.4, 0.5) is 10.5 Å². The first kappa shape index (κ1) is 58.3. The lowest BCUT2D eigenvalue weighted by atomic mass is 9.55. The lowest BCUT2D eigenvalue weighted by Gasteiger charge is -2.60. The highest BCUT2D eigenvalue weighted by Crippen LogP contribution is 2.62. The number of benzene rings is 5. The minimum absolute atomic E-state index is 0.0268. The van der Waals surface area contributed by atoms with E-state index in [0.29, 0.717) is 42.0 Å². The van der Waals surface area contributed by atoms with Crippen molar-refractivity contribution in [1.82, 2.24) is 10.2 Å². The largest absolute Gasteiger partial charge is 0.459 e.